The van der Waals surface area contributed by atoms with E-state index in [4.69, 9.17) is 25.8 Å². The Bertz CT molecular complexity index is 750. The van der Waals surface area contributed by atoms with Gasteiger partial charge in [-0.1, -0.05) is 29.8 Å². The number of nitrogens with one attached hydrogen (secondary N) is 1. The van der Waals surface area contributed by atoms with E-state index in [-0.39, 0.29) is 18.5 Å². The van der Waals surface area contributed by atoms with Gasteiger partial charge in [-0.2, -0.15) is 0 Å². The Hall–Kier alpha value is -1.82. The van der Waals surface area contributed by atoms with E-state index in [1.807, 2.05) is 19.1 Å². The van der Waals surface area contributed by atoms with E-state index in [9.17, 15) is 4.39 Å². The molecule has 0 aliphatic carbocycles. The topological polar surface area (TPSA) is 39.7 Å². The minimum atomic E-state index is -0.304. The second-order valence-corrected chi connectivity index (χ2v) is 6.89. The fourth-order valence-corrected chi connectivity index (χ4v) is 3.36. The van der Waals surface area contributed by atoms with Crippen LogP contribution >= 0.6 is 11.6 Å². The zero-order valence-corrected chi connectivity index (χ0v) is 16.2. The predicted molar refractivity (Wildman–Crippen MR) is 104 cm³/mol. The number of halogens is 2. The lowest BCUT2D eigenvalue weighted by molar-refractivity contribution is 0.110. The Labute approximate surface area is 164 Å². The summed E-state index contributed by atoms with van der Waals surface area (Å²) in [6.45, 7) is 4.79. The van der Waals surface area contributed by atoms with Gasteiger partial charge in [-0.15, -0.1) is 0 Å². The Morgan fingerprint density at radius 1 is 1.26 bits per heavy atom. The fourth-order valence-electron chi connectivity index (χ4n) is 3.07. The van der Waals surface area contributed by atoms with E-state index in [1.165, 1.54) is 6.07 Å². The lowest BCUT2D eigenvalue weighted by Crippen LogP contribution is -2.25. The van der Waals surface area contributed by atoms with E-state index in [0.717, 1.165) is 31.6 Å². The smallest absolute Gasteiger partial charge is 0.180 e. The number of hydrogen-bond donors (Lipinski definition) is 1. The molecule has 0 spiro atoms. The molecule has 0 saturated carbocycles. The SMILES string of the molecule is CCOc1cc(CNC[C@@H]2CCCO2)cc(Cl)c1OCc1ccccc1F. The first-order valence-corrected chi connectivity index (χ1v) is 9.69. The van der Waals surface area contributed by atoms with E-state index >= 15 is 0 Å². The van der Waals surface area contributed by atoms with Crippen molar-refractivity contribution in [2.75, 3.05) is 19.8 Å². The molecular weight excluding hydrogens is 369 g/mol. The van der Waals surface area contributed by atoms with Crippen molar-refractivity contribution in [2.24, 2.45) is 0 Å². The molecule has 2 aromatic carbocycles. The molecule has 3 rings (SSSR count). The number of benzene rings is 2. The van der Waals surface area contributed by atoms with Crippen molar-refractivity contribution in [1.82, 2.24) is 5.32 Å². The maximum atomic E-state index is 13.8. The molecule has 4 nitrogen and oxygen atoms in total. The van der Waals surface area contributed by atoms with Crippen LogP contribution in [-0.4, -0.2) is 25.9 Å². The quantitative estimate of drug-likeness (QED) is 0.668. The molecule has 1 heterocycles. The highest BCUT2D eigenvalue weighted by atomic mass is 35.5. The molecule has 6 heteroatoms. The molecule has 1 aliphatic rings. The molecular formula is C21H25ClFNO3. The summed E-state index contributed by atoms with van der Waals surface area (Å²) < 4.78 is 30.9. The van der Waals surface area contributed by atoms with E-state index in [2.05, 4.69) is 5.32 Å². The molecule has 1 N–H and O–H groups in total. The van der Waals surface area contributed by atoms with Gasteiger partial charge >= 0.3 is 0 Å². The number of rotatable bonds is 9. The Morgan fingerprint density at radius 2 is 2.11 bits per heavy atom. The van der Waals surface area contributed by atoms with Gasteiger partial charge in [0, 0.05) is 25.3 Å². The second kappa shape index (κ2) is 9.93. The molecule has 0 radical (unpaired) electrons. The van der Waals surface area contributed by atoms with Crippen molar-refractivity contribution in [3.8, 4) is 11.5 Å². The normalized spacial score (nSPS) is 16.5. The Morgan fingerprint density at radius 3 is 2.85 bits per heavy atom. The summed E-state index contributed by atoms with van der Waals surface area (Å²) in [7, 11) is 0. The third kappa shape index (κ3) is 5.58. The van der Waals surface area contributed by atoms with Crippen molar-refractivity contribution in [1.29, 1.82) is 0 Å². The van der Waals surface area contributed by atoms with Gasteiger partial charge in [0.1, 0.15) is 12.4 Å². The summed E-state index contributed by atoms with van der Waals surface area (Å²) in [5, 5.41) is 3.85. The molecule has 27 heavy (non-hydrogen) atoms. The molecule has 1 atom stereocenters. The molecule has 1 fully saturated rings. The molecule has 0 bridgehead atoms. The summed E-state index contributed by atoms with van der Waals surface area (Å²) in [5.74, 6) is 0.696. The lowest BCUT2D eigenvalue weighted by Gasteiger charge is -2.16. The van der Waals surface area contributed by atoms with Crippen molar-refractivity contribution < 1.29 is 18.6 Å². The monoisotopic (exact) mass is 393 g/mol. The molecule has 1 saturated heterocycles. The van der Waals surface area contributed by atoms with Crippen molar-refractivity contribution in [3.63, 3.8) is 0 Å². The van der Waals surface area contributed by atoms with Crippen LogP contribution in [0.5, 0.6) is 11.5 Å². The predicted octanol–water partition coefficient (Wildman–Crippen LogP) is 4.73. The van der Waals surface area contributed by atoms with E-state index in [1.54, 1.807) is 18.2 Å². The van der Waals surface area contributed by atoms with Gasteiger partial charge in [0.2, 0.25) is 0 Å². The van der Waals surface area contributed by atoms with Crippen LogP contribution < -0.4 is 14.8 Å². The van der Waals surface area contributed by atoms with Gasteiger partial charge in [0.25, 0.3) is 0 Å². The lowest BCUT2D eigenvalue weighted by atomic mass is 10.2. The maximum absolute atomic E-state index is 13.8. The first kappa shape index (κ1) is 19.9. The molecule has 1 aliphatic heterocycles. The maximum Gasteiger partial charge on any atom is 0.180 e. The van der Waals surface area contributed by atoms with Gasteiger partial charge in [-0.25, -0.2) is 4.39 Å². The average molecular weight is 394 g/mol. The van der Waals surface area contributed by atoms with E-state index in [0.29, 0.717) is 35.2 Å². The zero-order chi connectivity index (χ0) is 19.1. The third-order valence-electron chi connectivity index (χ3n) is 4.42. The third-order valence-corrected chi connectivity index (χ3v) is 4.70. The van der Waals surface area contributed by atoms with Crippen LogP contribution in [-0.2, 0) is 17.9 Å². The van der Waals surface area contributed by atoms with Crippen LogP contribution in [0, 0.1) is 5.82 Å². The standard InChI is InChI=1S/C21H25ClFNO3/c1-2-25-20-11-15(12-24-13-17-7-5-9-26-17)10-18(22)21(20)27-14-16-6-3-4-8-19(16)23/h3-4,6,8,10-11,17,24H,2,5,7,9,12-14H2,1H3/t17-/m0/s1. The van der Waals surface area contributed by atoms with Crippen LogP contribution in [0.1, 0.15) is 30.9 Å². The highest BCUT2D eigenvalue weighted by Crippen LogP contribution is 2.37. The van der Waals surface area contributed by atoms with Crippen molar-refractivity contribution in [3.05, 3.63) is 58.4 Å². The zero-order valence-electron chi connectivity index (χ0n) is 15.5. The average Bonchev–Trinajstić information content (AvgIpc) is 3.16. The highest BCUT2D eigenvalue weighted by Gasteiger charge is 2.16. The first-order valence-electron chi connectivity index (χ1n) is 9.31. The van der Waals surface area contributed by atoms with E-state index < -0.39 is 0 Å². The first-order chi connectivity index (χ1) is 13.2. The number of ether oxygens (including phenoxy) is 3. The van der Waals surface area contributed by atoms with Crippen LogP contribution in [0.25, 0.3) is 0 Å². The van der Waals surface area contributed by atoms with Gasteiger partial charge in [0.05, 0.1) is 17.7 Å². The second-order valence-electron chi connectivity index (χ2n) is 6.48. The van der Waals surface area contributed by atoms with Gasteiger partial charge in [-0.05, 0) is 43.5 Å². The van der Waals surface area contributed by atoms with Gasteiger partial charge < -0.3 is 19.5 Å². The van der Waals surface area contributed by atoms with Crippen LogP contribution in [0.2, 0.25) is 5.02 Å². The molecule has 0 unspecified atom stereocenters. The summed E-state index contributed by atoms with van der Waals surface area (Å²) >= 11 is 6.43. The van der Waals surface area contributed by atoms with Crippen molar-refractivity contribution >= 4 is 11.6 Å². The largest absolute Gasteiger partial charge is 0.490 e. The number of hydrogen-bond acceptors (Lipinski definition) is 4. The minimum Gasteiger partial charge on any atom is -0.490 e. The van der Waals surface area contributed by atoms with Crippen LogP contribution in [0.4, 0.5) is 4.39 Å². The molecule has 2 aromatic rings. The molecule has 0 amide bonds. The molecule has 146 valence electrons. The fraction of sp³-hybridized carbons (Fsp3) is 0.429. The Balaban J connectivity index is 1.66. The highest BCUT2D eigenvalue weighted by molar-refractivity contribution is 6.32. The summed E-state index contributed by atoms with van der Waals surface area (Å²) in [6, 6.07) is 10.3. The summed E-state index contributed by atoms with van der Waals surface area (Å²) in [5.41, 5.74) is 1.47. The molecule has 0 aromatic heterocycles. The minimum absolute atomic E-state index is 0.0864. The van der Waals surface area contributed by atoms with Crippen molar-refractivity contribution in [2.45, 2.75) is 39.0 Å². The van der Waals surface area contributed by atoms with Crippen LogP contribution in [0.3, 0.4) is 0 Å². The summed E-state index contributed by atoms with van der Waals surface area (Å²) in [4.78, 5) is 0. The summed E-state index contributed by atoms with van der Waals surface area (Å²) in [6.07, 6.45) is 2.51. The van der Waals surface area contributed by atoms with Crippen LogP contribution in [0.15, 0.2) is 36.4 Å². The van der Waals surface area contributed by atoms with Gasteiger partial charge in [-0.3, -0.25) is 0 Å². The Kier molecular flexibility index (Phi) is 7.33. The van der Waals surface area contributed by atoms with Gasteiger partial charge in [0.15, 0.2) is 11.5 Å².